The van der Waals surface area contributed by atoms with Crippen LogP contribution in [0.2, 0.25) is 0 Å². The van der Waals surface area contributed by atoms with Crippen LogP contribution in [0, 0.1) is 11.6 Å². The van der Waals surface area contributed by atoms with Crippen LogP contribution in [-0.2, 0) is 5.41 Å². The molecule has 27 heavy (non-hydrogen) atoms. The lowest BCUT2D eigenvalue weighted by atomic mass is 9.67. The van der Waals surface area contributed by atoms with Gasteiger partial charge in [0.25, 0.3) is 0 Å². The van der Waals surface area contributed by atoms with Crippen LogP contribution in [0.4, 0.5) is 8.78 Å². The number of hydrogen-bond donors (Lipinski definition) is 1. The number of unbranched alkanes of at least 4 members (excludes halogenated alkanes) is 1. The van der Waals surface area contributed by atoms with Crippen molar-refractivity contribution < 1.29 is 18.6 Å². The van der Waals surface area contributed by atoms with Gasteiger partial charge in [0.2, 0.25) is 0 Å². The molecule has 1 fully saturated rings. The molecule has 0 saturated heterocycles. The normalized spacial score (nSPS) is 23.0. The molecule has 2 aromatic carbocycles. The fourth-order valence-electron chi connectivity index (χ4n) is 4.16. The second kappa shape index (κ2) is 8.83. The van der Waals surface area contributed by atoms with Crippen LogP contribution >= 0.6 is 0 Å². The summed E-state index contributed by atoms with van der Waals surface area (Å²) in [5.41, 5.74) is 0.116. The van der Waals surface area contributed by atoms with Crippen LogP contribution in [0.25, 0.3) is 0 Å². The smallest absolute Gasteiger partial charge is 0.127 e. The molecule has 2 aromatic rings. The van der Waals surface area contributed by atoms with Crippen molar-refractivity contribution in [3.05, 3.63) is 65.2 Å². The van der Waals surface area contributed by atoms with Crippen molar-refractivity contribution in [1.82, 2.24) is 0 Å². The molecule has 2 nitrogen and oxygen atoms in total. The summed E-state index contributed by atoms with van der Waals surface area (Å²) in [5.74, 6) is -0.201. The standard InChI is InChI=1S/C23H28F2O2/c1-2-3-15-27-19-11-8-17(9-12-19)23(14-6-4-5-7-22(23)26)20-16-18(24)10-13-21(20)25/h8-13,16,22,26H,2-7,14-15H2,1H3. The fourth-order valence-corrected chi connectivity index (χ4v) is 4.16. The number of ether oxygens (including phenoxy) is 1. The van der Waals surface area contributed by atoms with Crippen molar-refractivity contribution in [2.45, 2.75) is 63.4 Å². The molecule has 2 unspecified atom stereocenters. The lowest BCUT2D eigenvalue weighted by molar-refractivity contribution is 0.0924. The van der Waals surface area contributed by atoms with E-state index in [2.05, 4.69) is 6.92 Å². The largest absolute Gasteiger partial charge is 0.494 e. The summed E-state index contributed by atoms with van der Waals surface area (Å²) in [4.78, 5) is 0. The summed E-state index contributed by atoms with van der Waals surface area (Å²) in [6, 6.07) is 11.0. The Bertz CT molecular complexity index is 745. The van der Waals surface area contributed by atoms with Gasteiger partial charge in [0.05, 0.1) is 12.7 Å². The van der Waals surface area contributed by atoms with Gasteiger partial charge >= 0.3 is 0 Å². The Balaban J connectivity index is 2.03. The quantitative estimate of drug-likeness (QED) is 0.515. The van der Waals surface area contributed by atoms with E-state index < -0.39 is 23.2 Å². The monoisotopic (exact) mass is 374 g/mol. The third-order valence-corrected chi connectivity index (χ3v) is 5.66. The van der Waals surface area contributed by atoms with E-state index >= 15 is 0 Å². The predicted molar refractivity (Wildman–Crippen MR) is 103 cm³/mol. The van der Waals surface area contributed by atoms with Crippen molar-refractivity contribution in [3.8, 4) is 5.75 Å². The van der Waals surface area contributed by atoms with Gasteiger partial charge in [-0.1, -0.05) is 44.7 Å². The van der Waals surface area contributed by atoms with Crippen molar-refractivity contribution in [2.24, 2.45) is 0 Å². The molecule has 3 rings (SSSR count). The van der Waals surface area contributed by atoms with Crippen molar-refractivity contribution >= 4 is 0 Å². The van der Waals surface area contributed by atoms with E-state index in [-0.39, 0.29) is 5.56 Å². The van der Waals surface area contributed by atoms with E-state index in [1.807, 2.05) is 24.3 Å². The predicted octanol–water partition coefficient (Wildman–Crippen LogP) is 5.75. The van der Waals surface area contributed by atoms with E-state index in [0.29, 0.717) is 19.4 Å². The molecule has 1 aliphatic rings. The minimum atomic E-state index is -0.940. The van der Waals surface area contributed by atoms with E-state index in [9.17, 15) is 13.9 Å². The molecule has 1 saturated carbocycles. The Kier molecular flexibility index (Phi) is 6.48. The first kappa shape index (κ1) is 19.8. The van der Waals surface area contributed by atoms with Gasteiger partial charge in [0, 0.05) is 11.0 Å². The fraction of sp³-hybridized carbons (Fsp3) is 0.478. The molecule has 1 aliphatic carbocycles. The maximum atomic E-state index is 14.8. The highest BCUT2D eigenvalue weighted by atomic mass is 19.1. The highest BCUT2D eigenvalue weighted by molar-refractivity contribution is 5.44. The number of rotatable bonds is 6. The van der Waals surface area contributed by atoms with Crippen molar-refractivity contribution in [3.63, 3.8) is 0 Å². The SMILES string of the molecule is CCCCOc1ccc(C2(c3cc(F)ccc3F)CCCCCC2O)cc1. The Labute approximate surface area is 160 Å². The average Bonchev–Trinajstić information content (AvgIpc) is 2.87. The van der Waals surface area contributed by atoms with Crippen LogP contribution in [0.3, 0.4) is 0 Å². The zero-order valence-electron chi connectivity index (χ0n) is 15.9. The van der Waals surface area contributed by atoms with Gasteiger partial charge in [0.15, 0.2) is 0 Å². The lowest BCUT2D eigenvalue weighted by Crippen LogP contribution is -2.41. The van der Waals surface area contributed by atoms with Crippen molar-refractivity contribution in [1.29, 1.82) is 0 Å². The molecule has 0 amide bonds. The van der Waals surface area contributed by atoms with E-state index in [0.717, 1.165) is 55.5 Å². The third-order valence-electron chi connectivity index (χ3n) is 5.66. The molecule has 0 aromatic heterocycles. The highest BCUT2D eigenvalue weighted by Crippen LogP contribution is 2.45. The van der Waals surface area contributed by atoms with Gasteiger partial charge in [-0.15, -0.1) is 0 Å². The maximum absolute atomic E-state index is 14.8. The lowest BCUT2D eigenvalue weighted by Gasteiger charge is -2.38. The van der Waals surface area contributed by atoms with Gasteiger partial charge in [-0.05, 0) is 55.2 Å². The van der Waals surface area contributed by atoms with Gasteiger partial charge < -0.3 is 9.84 Å². The average molecular weight is 374 g/mol. The van der Waals surface area contributed by atoms with Gasteiger partial charge in [-0.2, -0.15) is 0 Å². The zero-order chi connectivity index (χ0) is 19.3. The molecule has 0 spiro atoms. The summed E-state index contributed by atoms with van der Waals surface area (Å²) in [5, 5.41) is 11.0. The molecule has 2 atom stereocenters. The van der Waals surface area contributed by atoms with Crippen LogP contribution in [-0.4, -0.2) is 17.8 Å². The Morgan fingerprint density at radius 3 is 2.59 bits per heavy atom. The zero-order valence-corrected chi connectivity index (χ0v) is 15.9. The number of aliphatic hydroxyl groups excluding tert-OH is 1. The van der Waals surface area contributed by atoms with Crippen LogP contribution in [0.15, 0.2) is 42.5 Å². The van der Waals surface area contributed by atoms with E-state index in [4.69, 9.17) is 4.74 Å². The molecule has 0 radical (unpaired) electrons. The number of hydrogen-bond acceptors (Lipinski definition) is 2. The van der Waals surface area contributed by atoms with Crippen LogP contribution in [0.1, 0.15) is 63.0 Å². The Morgan fingerprint density at radius 1 is 1.07 bits per heavy atom. The summed E-state index contributed by atoms with van der Waals surface area (Å²) in [7, 11) is 0. The molecule has 0 heterocycles. The first-order valence-corrected chi connectivity index (χ1v) is 9.95. The minimum Gasteiger partial charge on any atom is -0.494 e. The summed E-state index contributed by atoms with van der Waals surface area (Å²) < 4.78 is 34.5. The summed E-state index contributed by atoms with van der Waals surface area (Å²) >= 11 is 0. The molecule has 146 valence electrons. The Morgan fingerprint density at radius 2 is 1.85 bits per heavy atom. The molecular formula is C23H28F2O2. The topological polar surface area (TPSA) is 29.5 Å². The van der Waals surface area contributed by atoms with Gasteiger partial charge in [0.1, 0.15) is 17.4 Å². The third kappa shape index (κ3) is 4.16. The first-order chi connectivity index (χ1) is 13.1. The first-order valence-electron chi connectivity index (χ1n) is 9.95. The van der Waals surface area contributed by atoms with E-state index in [1.54, 1.807) is 0 Å². The number of benzene rings is 2. The van der Waals surface area contributed by atoms with Crippen LogP contribution < -0.4 is 4.74 Å². The van der Waals surface area contributed by atoms with Gasteiger partial charge in [-0.25, -0.2) is 8.78 Å². The summed E-state index contributed by atoms with van der Waals surface area (Å²) in [6.45, 7) is 2.76. The molecule has 4 heteroatoms. The molecule has 0 aliphatic heterocycles. The number of halogens is 2. The molecule has 1 N–H and O–H groups in total. The van der Waals surface area contributed by atoms with Gasteiger partial charge in [-0.3, -0.25) is 0 Å². The number of aliphatic hydroxyl groups is 1. The second-order valence-corrected chi connectivity index (χ2v) is 7.44. The Hall–Kier alpha value is -1.94. The van der Waals surface area contributed by atoms with Crippen LogP contribution in [0.5, 0.6) is 5.75 Å². The second-order valence-electron chi connectivity index (χ2n) is 7.44. The minimum absolute atomic E-state index is 0.247. The highest BCUT2D eigenvalue weighted by Gasteiger charge is 2.43. The summed E-state index contributed by atoms with van der Waals surface area (Å²) in [6.07, 6.45) is 5.18. The molecular weight excluding hydrogens is 346 g/mol. The van der Waals surface area contributed by atoms with E-state index in [1.165, 1.54) is 6.07 Å². The maximum Gasteiger partial charge on any atom is 0.127 e. The molecule has 0 bridgehead atoms. The van der Waals surface area contributed by atoms with Crippen molar-refractivity contribution in [2.75, 3.05) is 6.61 Å².